The highest BCUT2D eigenvalue weighted by molar-refractivity contribution is 7.15. The first-order chi connectivity index (χ1) is 9.15. The van der Waals surface area contributed by atoms with Crippen molar-refractivity contribution in [1.82, 2.24) is 10.3 Å². The maximum Gasteiger partial charge on any atom is 0.133 e. The van der Waals surface area contributed by atoms with Crippen LogP contribution in [0.1, 0.15) is 24.4 Å². The van der Waals surface area contributed by atoms with E-state index in [1.165, 1.54) is 22.3 Å². The van der Waals surface area contributed by atoms with Crippen LogP contribution in [0.3, 0.4) is 0 Å². The minimum atomic E-state index is -0.282. The lowest BCUT2D eigenvalue weighted by molar-refractivity contribution is 0.631. The Morgan fingerprint density at radius 2 is 2.16 bits per heavy atom. The second kappa shape index (κ2) is 6.46. The van der Waals surface area contributed by atoms with Crippen molar-refractivity contribution in [3.05, 3.63) is 39.6 Å². The smallest absolute Gasteiger partial charge is 0.133 e. The van der Waals surface area contributed by atoms with Crippen molar-refractivity contribution in [3.8, 4) is 10.6 Å². The Hall–Kier alpha value is -0.970. The van der Waals surface area contributed by atoms with Gasteiger partial charge in [-0.3, -0.25) is 0 Å². The predicted octanol–water partition coefficient (Wildman–Crippen LogP) is 4.27. The van der Waals surface area contributed by atoms with Crippen molar-refractivity contribution in [2.24, 2.45) is 0 Å². The minimum absolute atomic E-state index is 0.282. The minimum Gasteiger partial charge on any atom is -0.312 e. The van der Waals surface area contributed by atoms with Crippen molar-refractivity contribution < 1.29 is 4.39 Å². The highest BCUT2D eigenvalue weighted by Crippen LogP contribution is 2.32. The fraction of sp³-hybridized carbons (Fsp3) is 0.357. The van der Waals surface area contributed by atoms with Gasteiger partial charge in [0, 0.05) is 22.0 Å². The molecule has 19 heavy (non-hydrogen) atoms. The lowest BCUT2D eigenvalue weighted by Gasteiger charge is -1.99. The van der Waals surface area contributed by atoms with Crippen LogP contribution in [0.5, 0.6) is 0 Å². The van der Waals surface area contributed by atoms with Crippen molar-refractivity contribution in [2.75, 3.05) is 6.54 Å². The molecular formula is C14H16ClFN2S. The van der Waals surface area contributed by atoms with Crippen molar-refractivity contribution >= 4 is 22.9 Å². The van der Waals surface area contributed by atoms with Gasteiger partial charge in [0.2, 0.25) is 0 Å². The number of aromatic nitrogens is 1. The zero-order chi connectivity index (χ0) is 13.8. The van der Waals surface area contributed by atoms with Gasteiger partial charge in [-0.15, -0.1) is 11.3 Å². The molecule has 5 heteroatoms. The number of nitrogens with one attached hydrogen (secondary N) is 1. The Bertz CT molecular complexity index is 569. The fourth-order valence-electron chi connectivity index (χ4n) is 1.81. The number of aryl methyl sites for hydroxylation is 1. The molecule has 0 bridgehead atoms. The predicted molar refractivity (Wildman–Crippen MR) is 79.3 cm³/mol. The van der Waals surface area contributed by atoms with Gasteiger partial charge in [-0.25, -0.2) is 9.37 Å². The van der Waals surface area contributed by atoms with Crippen LogP contribution < -0.4 is 5.32 Å². The molecule has 0 aliphatic rings. The van der Waals surface area contributed by atoms with Gasteiger partial charge in [-0.1, -0.05) is 25.4 Å². The van der Waals surface area contributed by atoms with E-state index < -0.39 is 0 Å². The number of nitrogens with zero attached hydrogens (tertiary/aromatic N) is 1. The summed E-state index contributed by atoms with van der Waals surface area (Å²) in [5.41, 5.74) is 1.51. The first kappa shape index (κ1) is 14.4. The van der Waals surface area contributed by atoms with Crippen LogP contribution in [0, 0.1) is 5.82 Å². The molecule has 0 saturated carbocycles. The van der Waals surface area contributed by atoms with E-state index in [1.54, 1.807) is 12.1 Å². The summed E-state index contributed by atoms with van der Waals surface area (Å²) in [6.45, 7) is 5.80. The van der Waals surface area contributed by atoms with E-state index in [0.717, 1.165) is 25.2 Å². The summed E-state index contributed by atoms with van der Waals surface area (Å²) < 4.78 is 13.8. The van der Waals surface area contributed by atoms with Crippen LogP contribution in [0.4, 0.5) is 4.39 Å². The lowest BCUT2D eigenvalue weighted by atomic mass is 10.2. The Labute approximate surface area is 121 Å². The van der Waals surface area contributed by atoms with Crippen molar-refractivity contribution in [2.45, 2.75) is 26.8 Å². The molecule has 1 N–H and O–H groups in total. The zero-order valence-electron chi connectivity index (χ0n) is 11.0. The summed E-state index contributed by atoms with van der Waals surface area (Å²) >= 11 is 7.46. The topological polar surface area (TPSA) is 24.9 Å². The van der Waals surface area contributed by atoms with Gasteiger partial charge < -0.3 is 5.32 Å². The molecule has 1 heterocycles. The summed E-state index contributed by atoms with van der Waals surface area (Å²) in [6, 6.07) is 4.56. The van der Waals surface area contributed by atoms with Crippen molar-refractivity contribution in [3.63, 3.8) is 0 Å². The Balaban J connectivity index is 2.39. The van der Waals surface area contributed by atoms with Crippen LogP contribution >= 0.6 is 22.9 Å². The third-order valence-corrected chi connectivity index (χ3v) is 4.17. The first-order valence-electron chi connectivity index (χ1n) is 6.30. The molecule has 0 aliphatic carbocycles. The van der Waals surface area contributed by atoms with Gasteiger partial charge in [0.25, 0.3) is 0 Å². The van der Waals surface area contributed by atoms with Gasteiger partial charge in [0.15, 0.2) is 0 Å². The maximum atomic E-state index is 13.8. The van der Waals surface area contributed by atoms with Crippen molar-refractivity contribution in [1.29, 1.82) is 0 Å². The quantitative estimate of drug-likeness (QED) is 0.891. The number of thiazole rings is 1. The molecule has 102 valence electrons. The molecule has 0 atom stereocenters. The van der Waals surface area contributed by atoms with Gasteiger partial charge in [-0.2, -0.15) is 0 Å². The van der Waals surface area contributed by atoms with Gasteiger partial charge in [-0.05, 0) is 31.2 Å². The summed E-state index contributed by atoms with van der Waals surface area (Å²) in [5, 5.41) is 4.51. The summed E-state index contributed by atoms with van der Waals surface area (Å²) in [7, 11) is 0. The third-order valence-electron chi connectivity index (χ3n) is 2.81. The average molecular weight is 299 g/mol. The molecule has 2 nitrogen and oxygen atoms in total. The molecule has 0 amide bonds. The van der Waals surface area contributed by atoms with E-state index >= 15 is 0 Å². The molecule has 0 radical (unpaired) electrons. The molecule has 0 fully saturated rings. The number of hydrogen-bond acceptors (Lipinski definition) is 3. The van der Waals surface area contributed by atoms with Crippen LogP contribution in [0.2, 0.25) is 5.02 Å². The summed E-state index contributed by atoms with van der Waals surface area (Å²) in [4.78, 5) is 5.70. The number of halogens is 2. The highest BCUT2D eigenvalue weighted by atomic mass is 35.5. The molecular weight excluding hydrogens is 283 g/mol. The second-order valence-electron chi connectivity index (χ2n) is 4.15. The van der Waals surface area contributed by atoms with E-state index in [1.807, 2.05) is 0 Å². The molecule has 0 spiro atoms. The first-order valence-corrected chi connectivity index (χ1v) is 7.49. The molecule has 0 saturated heterocycles. The largest absolute Gasteiger partial charge is 0.312 e. The molecule has 0 aliphatic heterocycles. The Morgan fingerprint density at radius 3 is 2.84 bits per heavy atom. The Morgan fingerprint density at radius 1 is 1.37 bits per heavy atom. The second-order valence-corrected chi connectivity index (χ2v) is 5.67. The number of rotatable bonds is 5. The maximum absolute atomic E-state index is 13.8. The van der Waals surface area contributed by atoms with Crippen LogP contribution in [-0.2, 0) is 13.0 Å². The normalized spacial score (nSPS) is 10.9. The van der Waals surface area contributed by atoms with Gasteiger partial charge in [0.1, 0.15) is 10.8 Å². The van der Waals surface area contributed by atoms with Gasteiger partial charge in [0.05, 0.1) is 5.69 Å². The molecule has 2 rings (SSSR count). The average Bonchev–Trinajstić information content (AvgIpc) is 2.82. The monoisotopic (exact) mass is 298 g/mol. The molecule has 0 unspecified atom stereocenters. The summed E-state index contributed by atoms with van der Waals surface area (Å²) in [5.74, 6) is -0.282. The summed E-state index contributed by atoms with van der Waals surface area (Å²) in [6.07, 6.45) is 0.847. The van der Waals surface area contributed by atoms with E-state index in [0.29, 0.717) is 15.6 Å². The van der Waals surface area contributed by atoms with Crippen LogP contribution in [0.15, 0.2) is 18.2 Å². The Kier molecular flexibility index (Phi) is 4.91. The third kappa shape index (κ3) is 3.32. The molecule has 2 aromatic rings. The van der Waals surface area contributed by atoms with E-state index in [2.05, 4.69) is 24.1 Å². The molecule has 1 aromatic heterocycles. The van der Waals surface area contributed by atoms with Crippen LogP contribution in [-0.4, -0.2) is 11.5 Å². The van der Waals surface area contributed by atoms with E-state index in [9.17, 15) is 4.39 Å². The SMILES string of the molecule is CCNCc1sc(-c2cc(Cl)ccc2F)nc1CC. The molecule has 1 aromatic carbocycles. The van der Waals surface area contributed by atoms with Crippen LogP contribution in [0.25, 0.3) is 10.6 Å². The standard InChI is InChI=1S/C14H16ClFN2S/c1-3-12-13(8-17-4-2)19-14(18-12)10-7-9(15)5-6-11(10)16/h5-7,17H,3-4,8H2,1-2H3. The van der Waals surface area contributed by atoms with E-state index in [-0.39, 0.29) is 5.82 Å². The van der Waals surface area contributed by atoms with E-state index in [4.69, 9.17) is 11.6 Å². The van der Waals surface area contributed by atoms with Gasteiger partial charge >= 0.3 is 0 Å². The fourth-order valence-corrected chi connectivity index (χ4v) is 3.12. The number of hydrogen-bond donors (Lipinski definition) is 1. The zero-order valence-corrected chi connectivity index (χ0v) is 12.5. The highest BCUT2D eigenvalue weighted by Gasteiger charge is 2.14. The number of benzene rings is 1. The lowest BCUT2D eigenvalue weighted by Crippen LogP contribution is -2.11.